The van der Waals surface area contributed by atoms with E-state index in [-0.39, 0.29) is 26.4 Å². The number of halogens is 3. The number of ether oxygens (including phenoxy) is 3. The number of likely N-dealkylation sites (tertiary alicyclic amines) is 1. The molecule has 1 saturated heterocycles. The Morgan fingerprint density at radius 3 is 2.53 bits per heavy atom. The van der Waals surface area contributed by atoms with Crippen LogP contribution in [-0.4, -0.2) is 51.7 Å². The van der Waals surface area contributed by atoms with Gasteiger partial charge in [-0.05, 0) is 74.2 Å². The normalized spacial score (nSPS) is 15.8. The van der Waals surface area contributed by atoms with Crippen molar-refractivity contribution >= 4 is 49.8 Å². The van der Waals surface area contributed by atoms with Crippen LogP contribution in [0.2, 0.25) is 10.0 Å². The van der Waals surface area contributed by atoms with E-state index in [2.05, 4.69) is 21.5 Å². The standard InChI is InChI=1S/C31H32Cl2FN3O5S/c1-20-5-3-10-37(19-20)11-4-12-41-31-18-27-25(17-30(31)40-2)28(8-9-35-27)42-29-7-6-23(16-26(29)34)36-43(38,39)24-14-21(32)13-22(33)15-24/h6-9,13-18,20,36H,3-5,10-12,19H2,1-2H3. The minimum Gasteiger partial charge on any atom is -0.493 e. The number of piperidine rings is 1. The highest BCUT2D eigenvalue weighted by atomic mass is 35.5. The number of sulfonamides is 1. The number of hydrogen-bond donors (Lipinski definition) is 1. The van der Waals surface area contributed by atoms with Crippen LogP contribution in [-0.2, 0) is 10.0 Å². The van der Waals surface area contributed by atoms with Crippen LogP contribution in [0, 0.1) is 11.7 Å². The third-order valence-electron chi connectivity index (χ3n) is 7.15. The van der Waals surface area contributed by atoms with Gasteiger partial charge in [-0.15, -0.1) is 0 Å². The van der Waals surface area contributed by atoms with Crippen LogP contribution in [0.25, 0.3) is 10.9 Å². The van der Waals surface area contributed by atoms with Crippen molar-refractivity contribution < 1.29 is 27.0 Å². The molecule has 3 aromatic carbocycles. The Kier molecular flexibility index (Phi) is 9.81. The van der Waals surface area contributed by atoms with E-state index in [1.807, 2.05) is 0 Å². The van der Waals surface area contributed by atoms with E-state index in [0.29, 0.717) is 34.8 Å². The van der Waals surface area contributed by atoms with Gasteiger partial charge in [-0.2, -0.15) is 0 Å². The molecule has 1 unspecified atom stereocenters. The highest BCUT2D eigenvalue weighted by Gasteiger charge is 2.19. The van der Waals surface area contributed by atoms with Crippen LogP contribution in [0.3, 0.4) is 0 Å². The number of hydrogen-bond acceptors (Lipinski definition) is 7. The van der Waals surface area contributed by atoms with E-state index in [1.165, 1.54) is 43.2 Å². The summed E-state index contributed by atoms with van der Waals surface area (Å²) >= 11 is 11.9. The maximum atomic E-state index is 15.1. The monoisotopic (exact) mass is 647 g/mol. The number of pyridine rings is 1. The van der Waals surface area contributed by atoms with Crippen molar-refractivity contribution in [3.05, 3.63) is 76.7 Å². The van der Waals surface area contributed by atoms with Crippen LogP contribution < -0.4 is 18.9 Å². The lowest BCUT2D eigenvalue weighted by molar-refractivity contribution is 0.169. The summed E-state index contributed by atoms with van der Waals surface area (Å²) < 4.78 is 60.6. The third-order valence-corrected chi connectivity index (χ3v) is 8.95. The second-order valence-electron chi connectivity index (χ2n) is 10.5. The van der Waals surface area contributed by atoms with Gasteiger partial charge in [-0.1, -0.05) is 30.1 Å². The molecule has 1 aromatic heterocycles. The van der Waals surface area contributed by atoms with E-state index in [1.54, 1.807) is 31.5 Å². The lowest BCUT2D eigenvalue weighted by atomic mass is 10.0. The first-order chi connectivity index (χ1) is 20.6. The second kappa shape index (κ2) is 13.5. The molecule has 4 aromatic rings. The fourth-order valence-corrected chi connectivity index (χ4v) is 6.89. The van der Waals surface area contributed by atoms with Crippen molar-refractivity contribution in [2.75, 3.05) is 38.1 Å². The van der Waals surface area contributed by atoms with E-state index in [9.17, 15) is 8.42 Å². The van der Waals surface area contributed by atoms with Crippen LogP contribution in [0.5, 0.6) is 23.0 Å². The predicted molar refractivity (Wildman–Crippen MR) is 167 cm³/mol. The molecule has 0 radical (unpaired) electrons. The van der Waals surface area contributed by atoms with Crippen molar-refractivity contribution in [1.82, 2.24) is 9.88 Å². The predicted octanol–water partition coefficient (Wildman–Crippen LogP) is 7.78. The highest BCUT2D eigenvalue weighted by molar-refractivity contribution is 7.92. The van der Waals surface area contributed by atoms with Gasteiger partial charge >= 0.3 is 0 Å². The average molecular weight is 649 g/mol. The van der Waals surface area contributed by atoms with Gasteiger partial charge in [-0.3, -0.25) is 9.71 Å². The Labute approximate surface area is 260 Å². The summed E-state index contributed by atoms with van der Waals surface area (Å²) in [4.78, 5) is 6.77. The molecule has 0 spiro atoms. The SMILES string of the molecule is COc1cc2c(Oc3ccc(NS(=O)(=O)c4cc(Cl)cc(Cl)c4)cc3F)ccnc2cc1OCCCN1CCCC(C)C1. The Morgan fingerprint density at radius 1 is 1.02 bits per heavy atom. The molecule has 0 saturated carbocycles. The van der Waals surface area contributed by atoms with Gasteiger partial charge in [0.15, 0.2) is 23.1 Å². The number of benzene rings is 3. The lowest BCUT2D eigenvalue weighted by Gasteiger charge is -2.30. The van der Waals surface area contributed by atoms with Crippen molar-refractivity contribution in [3.63, 3.8) is 0 Å². The molecule has 12 heteroatoms. The maximum Gasteiger partial charge on any atom is 0.261 e. The molecular weight excluding hydrogens is 616 g/mol. The van der Waals surface area contributed by atoms with Crippen molar-refractivity contribution in [2.24, 2.45) is 5.92 Å². The van der Waals surface area contributed by atoms with Gasteiger partial charge in [0.25, 0.3) is 10.0 Å². The Bertz CT molecular complexity index is 1700. The Morgan fingerprint density at radius 2 is 1.81 bits per heavy atom. The zero-order valence-corrected chi connectivity index (χ0v) is 26.1. The first-order valence-corrected chi connectivity index (χ1v) is 16.1. The average Bonchev–Trinajstić information content (AvgIpc) is 2.96. The van der Waals surface area contributed by atoms with Crippen LogP contribution in [0.4, 0.5) is 10.1 Å². The van der Waals surface area contributed by atoms with Gasteiger partial charge < -0.3 is 19.1 Å². The highest BCUT2D eigenvalue weighted by Crippen LogP contribution is 2.38. The summed E-state index contributed by atoms with van der Waals surface area (Å²) in [5, 5.41) is 0.909. The summed E-state index contributed by atoms with van der Waals surface area (Å²) in [6.45, 7) is 6.07. The molecule has 1 atom stereocenters. The van der Waals surface area contributed by atoms with Gasteiger partial charge in [0.2, 0.25) is 0 Å². The molecule has 0 aliphatic carbocycles. The minimum atomic E-state index is -4.07. The lowest BCUT2D eigenvalue weighted by Crippen LogP contribution is -2.35. The molecule has 5 rings (SSSR count). The Balaban J connectivity index is 1.29. The summed E-state index contributed by atoms with van der Waals surface area (Å²) in [6, 6.07) is 12.8. The molecule has 2 heterocycles. The third kappa shape index (κ3) is 7.80. The van der Waals surface area contributed by atoms with Crippen LogP contribution >= 0.6 is 23.2 Å². The van der Waals surface area contributed by atoms with Crippen LogP contribution in [0.1, 0.15) is 26.2 Å². The Hall–Kier alpha value is -3.31. The quantitative estimate of drug-likeness (QED) is 0.166. The molecule has 0 bridgehead atoms. The number of anilines is 1. The van der Waals surface area contributed by atoms with E-state index < -0.39 is 15.8 Å². The number of nitrogens with one attached hydrogen (secondary N) is 1. The van der Waals surface area contributed by atoms with Crippen molar-refractivity contribution in [1.29, 1.82) is 0 Å². The molecule has 228 valence electrons. The number of methoxy groups -OCH3 is 1. The van der Waals surface area contributed by atoms with Crippen molar-refractivity contribution in [2.45, 2.75) is 31.1 Å². The number of rotatable bonds is 11. The number of nitrogens with zero attached hydrogens (tertiary/aromatic N) is 2. The molecule has 0 amide bonds. The van der Waals surface area contributed by atoms with Gasteiger partial charge in [-0.25, -0.2) is 12.8 Å². The van der Waals surface area contributed by atoms with Crippen LogP contribution in [0.15, 0.2) is 65.7 Å². The van der Waals surface area contributed by atoms with E-state index >= 15 is 4.39 Å². The van der Waals surface area contributed by atoms with Gasteiger partial charge in [0.1, 0.15) is 5.75 Å². The van der Waals surface area contributed by atoms with Crippen molar-refractivity contribution in [3.8, 4) is 23.0 Å². The second-order valence-corrected chi connectivity index (χ2v) is 13.1. The number of fused-ring (bicyclic) bond motifs is 1. The zero-order chi connectivity index (χ0) is 30.6. The fraction of sp³-hybridized carbons (Fsp3) is 0.323. The molecular formula is C31H32Cl2FN3O5S. The largest absolute Gasteiger partial charge is 0.493 e. The molecule has 1 aliphatic heterocycles. The number of aromatic nitrogens is 1. The first-order valence-electron chi connectivity index (χ1n) is 13.9. The van der Waals surface area contributed by atoms with E-state index in [0.717, 1.165) is 38.0 Å². The molecule has 1 N–H and O–H groups in total. The molecule has 1 fully saturated rings. The van der Waals surface area contributed by atoms with Gasteiger partial charge in [0, 0.05) is 46.9 Å². The topological polar surface area (TPSA) is 90.0 Å². The fourth-order valence-electron chi connectivity index (χ4n) is 5.11. The summed E-state index contributed by atoms with van der Waals surface area (Å²) in [5.41, 5.74) is 0.585. The molecule has 8 nitrogen and oxygen atoms in total. The summed E-state index contributed by atoms with van der Waals surface area (Å²) in [7, 11) is -2.51. The summed E-state index contributed by atoms with van der Waals surface area (Å²) in [6.07, 6.45) is 4.98. The van der Waals surface area contributed by atoms with E-state index in [4.69, 9.17) is 37.4 Å². The first kappa shape index (κ1) is 31.1. The van der Waals surface area contributed by atoms with Gasteiger partial charge in [0.05, 0.1) is 29.8 Å². The zero-order valence-electron chi connectivity index (χ0n) is 23.8. The molecule has 43 heavy (non-hydrogen) atoms. The smallest absolute Gasteiger partial charge is 0.261 e. The molecule has 1 aliphatic rings. The maximum absolute atomic E-state index is 15.1. The summed E-state index contributed by atoms with van der Waals surface area (Å²) in [5.74, 6) is 1.27. The minimum absolute atomic E-state index is 0.00112.